The summed E-state index contributed by atoms with van der Waals surface area (Å²) in [4.78, 5) is 15.1. The number of aromatic nitrogens is 2. The first-order chi connectivity index (χ1) is 15.2. The van der Waals surface area contributed by atoms with Crippen molar-refractivity contribution in [1.82, 2.24) is 15.1 Å². The Kier molecular flexibility index (Phi) is 6.26. The van der Waals surface area contributed by atoms with Crippen molar-refractivity contribution in [2.45, 2.75) is 45.6 Å². The van der Waals surface area contributed by atoms with E-state index < -0.39 is 0 Å². The number of amides is 1. The number of H-pyrrole nitrogens is 1. The Morgan fingerprint density at radius 1 is 1.06 bits per heavy atom. The van der Waals surface area contributed by atoms with Gasteiger partial charge in [0.25, 0.3) is 5.91 Å². The van der Waals surface area contributed by atoms with Crippen molar-refractivity contribution in [1.29, 1.82) is 0 Å². The third-order valence-electron chi connectivity index (χ3n) is 5.74. The normalized spacial score (nSPS) is 15.4. The molecule has 0 bridgehead atoms. The highest BCUT2D eigenvalue weighted by molar-refractivity contribution is 6.00. The summed E-state index contributed by atoms with van der Waals surface area (Å²) >= 11 is 0. The zero-order chi connectivity index (χ0) is 21.8. The van der Waals surface area contributed by atoms with Gasteiger partial charge in [-0.1, -0.05) is 51.0 Å². The molecule has 162 valence electrons. The number of carbonyl (C=O) groups excluding carboxylic acids is 1. The molecule has 31 heavy (non-hydrogen) atoms. The summed E-state index contributed by atoms with van der Waals surface area (Å²) < 4.78 is 5.81. The van der Waals surface area contributed by atoms with Gasteiger partial charge >= 0.3 is 0 Å². The van der Waals surface area contributed by atoms with E-state index in [-0.39, 0.29) is 17.7 Å². The number of rotatable bonds is 9. The first-order valence-corrected chi connectivity index (χ1v) is 11.1. The first kappa shape index (κ1) is 21.0. The third kappa shape index (κ3) is 4.02. The van der Waals surface area contributed by atoms with Crippen molar-refractivity contribution in [3.05, 3.63) is 65.4 Å². The lowest BCUT2D eigenvalue weighted by molar-refractivity contribution is 0.0741. The molecule has 6 nitrogen and oxygen atoms in total. The molecule has 0 aliphatic carbocycles. The summed E-state index contributed by atoms with van der Waals surface area (Å²) in [6, 6.07) is 14.8. The highest BCUT2D eigenvalue weighted by atomic mass is 16.5. The molecule has 2 aromatic carbocycles. The predicted octanol–water partition coefficient (Wildman–Crippen LogP) is 5.31. The van der Waals surface area contributed by atoms with Crippen LogP contribution in [0, 0.1) is 0 Å². The van der Waals surface area contributed by atoms with Gasteiger partial charge in [0.1, 0.15) is 22.9 Å². The molecule has 0 saturated carbocycles. The SMILES string of the molecule is CCCCOc1ccc(C2c3c(-c4ccccc4O)n[nH]c3C(=O)N2CCCC)cc1. The van der Waals surface area contributed by atoms with Crippen LogP contribution in [-0.2, 0) is 0 Å². The monoisotopic (exact) mass is 419 g/mol. The molecule has 0 spiro atoms. The first-order valence-electron chi connectivity index (χ1n) is 11.1. The van der Waals surface area contributed by atoms with Gasteiger partial charge in [0.2, 0.25) is 0 Å². The van der Waals surface area contributed by atoms with Crippen molar-refractivity contribution in [2.75, 3.05) is 13.2 Å². The number of ether oxygens (including phenoxy) is 1. The van der Waals surface area contributed by atoms with Crippen molar-refractivity contribution < 1.29 is 14.6 Å². The van der Waals surface area contributed by atoms with Crippen LogP contribution in [0.4, 0.5) is 0 Å². The highest BCUT2D eigenvalue weighted by Crippen LogP contribution is 2.44. The number of aromatic amines is 1. The Morgan fingerprint density at radius 2 is 1.81 bits per heavy atom. The number of hydrogen-bond donors (Lipinski definition) is 2. The van der Waals surface area contributed by atoms with Gasteiger partial charge < -0.3 is 14.7 Å². The van der Waals surface area contributed by atoms with Crippen molar-refractivity contribution in [3.63, 3.8) is 0 Å². The van der Waals surface area contributed by atoms with Gasteiger partial charge in [-0.3, -0.25) is 9.89 Å². The van der Waals surface area contributed by atoms with Crippen LogP contribution in [0.25, 0.3) is 11.3 Å². The summed E-state index contributed by atoms with van der Waals surface area (Å²) in [5, 5.41) is 17.8. The predicted molar refractivity (Wildman–Crippen MR) is 120 cm³/mol. The van der Waals surface area contributed by atoms with E-state index in [9.17, 15) is 9.90 Å². The Bertz CT molecular complexity index is 1040. The van der Waals surface area contributed by atoms with Crippen molar-refractivity contribution in [2.24, 2.45) is 0 Å². The molecule has 1 aromatic heterocycles. The van der Waals surface area contributed by atoms with E-state index in [4.69, 9.17) is 4.74 Å². The summed E-state index contributed by atoms with van der Waals surface area (Å²) in [6.45, 7) is 5.62. The van der Waals surface area contributed by atoms with E-state index >= 15 is 0 Å². The van der Waals surface area contributed by atoms with Gasteiger partial charge in [-0.05, 0) is 42.7 Å². The van der Waals surface area contributed by atoms with E-state index in [2.05, 4.69) is 24.0 Å². The maximum Gasteiger partial charge on any atom is 0.273 e. The molecule has 0 saturated heterocycles. The zero-order valence-electron chi connectivity index (χ0n) is 18.1. The summed E-state index contributed by atoms with van der Waals surface area (Å²) in [7, 11) is 0. The average Bonchev–Trinajstić information content (AvgIpc) is 3.32. The van der Waals surface area contributed by atoms with Gasteiger partial charge in [-0.2, -0.15) is 5.10 Å². The molecule has 1 aliphatic rings. The molecule has 1 amide bonds. The van der Waals surface area contributed by atoms with Crippen LogP contribution >= 0.6 is 0 Å². The number of nitrogens with one attached hydrogen (secondary N) is 1. The van der Waals surface area contributed by atoms with Crippen molar-refractivity contribution >= 4 is 5.91 Å². The maximum absolute atomic E-state index is 13.2. The Morgan fingerprint density at radius 3 is 2.52 bits per heavy atom. The van der Waals surface area contributed by atoms with Crippen LogP contribution in [0.15, 0.2) is 48.5 Å². The third-order valence-corrected chi connectivity index (χ3v) is 5.74. The Labute approximate surface area is 182 Å². The highest BCUT2D eigenvalue weighted by Gasteiger charge is 2.42. The van der Waals surface area contributed by atoms with Crippen LogP contribution < -0.4 is 4.74 Å². The maximum atomic E-state index is 13.2. The molecule has 0 radical (unpaired) electrons. The second-order valence-corrected chi connectivity index (χ2v) is 7.90. The summed E-state index contributed by atoms with van der Waals surface area (Å²) in [5.74, 6) is 0.926. The number of phenols is 1. The van der Waals surface area contributed by atoms with E-state index in [0.29, 0.717) is 30.1 Å². The minimum absolute atomic E-state index is 0.0501. The number of benzene rings is 2. The van der Waals surface area contributed by atoms with Crippen LogP contribution in [0.5, 0.6) is 11.5 Å². The molecular weight excluding hydrogens is 390 g/mol. The van der Waals surface area contributed by atoms with Crippen LogP contribution in [0.1, 0.15) is 67.2 Å². The Hall–Kier alpha value is -3.28. The lowest BCUT2D eigenvalue weighted by atomic mass is 9.95. The number of para-hydroxylation sites is 1. The number of fused-ring (bicyclic) bond motifs is 1. The molecule has 6 heteroatoms. The molecule has 1 atom stereocenters. The zero-order valence-corrected chi connectivity index (χ0v) is 18.1. The van der Waals surface area contributed by atoms with Gasteiger partial charge in [0, 0.05) is 17.7 Å². The van der Waals surface area contributed by atoms with Gasteiger partial charge in [-0.15, -0.1) is 0 Å². The van der Waals surface area contributed by atoms with Gasteiger partial charge in [0.15, 0.2) is 0 Å². The van der Waals surface area contributed by atoms with Gasteiger partial charge in [0.05, 0.1) is 12.6 Å². The number of unbranched alkanes of at least 4 members (excludes halogenated alkanes) is 2. The van der Waals surface area contributed by atoms with Crippen LogP contribution in [0.3, 0.4) is 0 Å². The topological polar surface area (TPSA) is 78.5 Å². The largest absolute Gasteiger partial charge is 0.507 e. The fourth-order valence-electron chi connectivity index (χ4n) is 4.06. The lowest BCUT2D eigenvalue weighted by Crippen LogP contribution is -2.30. The summed E-state index contributed by atoms with van der Waals surface area (Å²) in [5.41, 5.74) is 3.57. The quantitative estimate of drug-likeness (QED) is 0.461. The summed E-state index contributed by atoms with van der Waals surface area (Å²) in [6.07, 6.45) is 4.03. The number of aromatic hydroxyl groups is 1. The van der Waals surface area contributed by atoms with Crippen LogP contribution in [0.2, 0.25) is 0 Å². The number of nitrogens with zero attached hydrogens (tertiary/aromatic N) is 2. The van der Waals surface area contributed by atoms with Gasteiger partial charge in [-0.25, -0.2) is 0 Å². The average molecular weight is 420 g/mol. The minimum atomic E-state index is -0.257. The molecule has 2 N–H and O–H groups in total. The van der Waals surface area contributed by atoms with E-state index in [1.54, 1.807) is 12.1 Å². The number of phenolic OH excluding ortho intramolecular Hbond substituents is 1. The molecule has 0 fully saturated rings. The second-order valence-electron chi connectivity index (χ2n) is 7.90. The standard InChI is InChI=1S/C25H29N3O3/c1-3-5-15-28-24(17-11-13-18(14-12-17)31-16-6-4-2)21-22(26-27-23(21)25(28)30)19-9-7-8-10-20(19)29/h7-14,24,29H,3-6,15-16H2,1-2H3,(H,26,27). The second kappa shape index (κ2) is 9.25. The number of hydrogen-bond acceptors (Lipinski definition) is 4. The molecule has 1 unspecified atom stereocenters. The fourth-order valence-corrected chi connectivity index (χ4v) is 4.06. The fraction of sp³-hybridized carbons (Fsp3) is 0.360. The van der Waals surface area contributed by atoms with Crippen LogP contribution in [-0.4, -0.2) is 39.3 Å². The molecule has 2 heterocycles. The molecule has 1 aliphatic heterocycles. The minimum Gasteiger partial charge on any atom is -0.507 e. The molecular formula is C25H29N3O3. The Balaban J connectivity index is 1.74. The van der Waals surface area contributed by atoms with E-state index in [1.165, 1.54) is 0 Å². The number of carbonyl (C=O) groups is 1. The molecule has 3 aromatic rings. The molecule has 4 rings (SSSR count). The lowest BCUT2D eigenvalue weighted by Gasteiger charge is -2.26. The van der Waals surface area contributed by atoms with E-state index in [1.807, 2.05) is 41.3 Å². The van der Waals surface area contributed by atoms with Crippen molar-refractivity contribution in [3.8, 4) is 22.8 Å². The smallest absolute Gasteiger partial charge is 0.273 e. The van der Waals surface area contributed by atoms with E-state index in [0.717, 1.165) is 42.6 Å².